The molecule has 1 heterocycles. The van der Waals surface area contributed by atoms with Gasteiger partial charge in [-0.1, -0.05) is 18.2 Å². The molecule has 0 radical (unpaired) electrons. The van der Waals surface area contributed by atoms with Crippen molar-refractivity contribution in [2.45, 2.75) is 50.3 Å². The summed E-state index contributed by atoms with van der Waals surface area (Å²) in [4.78, 5) is 23.9. The minimum absolute atomic E-state index is 0.0484. The molecule has 0 aromatic heterocycles. The summed E-state index contributed by atoms with van der Waals surface area (Å²) in [5, 5.41) is 6.18. The molecule has 2 fully saturated rings. The lowest BCUT2D eigenvalue weighted by atomic mass is 9.93. The van der Waals surface area contributed by atoms with Gasteiger partial charge in [0.05, 0.1) is 11.6 Å². The van der Waals surface area contributed by atoms with Crippen LogP contribution in [0.25, 0.3) is 0 Å². The summed E-state index contributed by atoms with van der Waals surface area (Å²) in [5.74, 6) is -0.336. The van der Waals surface area contributed by atoms with Gasteiger partial charge in [0.25, 0.3) is 10.9 Å². The van der Waals surface area contributed by atoms with E-state index in [2.05, 4.69) is 10.6 Å². The van der Waals surface area contributed by atoms with Gasteiger partial charge in [-0.3, -0.25) is 9.59 Å². The molecule has 6 heteroatoms. The monoisotopic (exact) mass is 344 g/mol. The highest BCUT2D eigenvalue weighted by Gasteiger charge is 2.47. The summed E-state index contributed by atoms with van der Waals surface area (Å²) in [6.07, 6.45) is 4.97. The van der Waals surface area contributed by atoms with Crippen LogP contribution in [0.1, 0.15) is 37.7 Å². The van der Waals surface area contributed by atoms with Crippen LogP contribution in [0.5, 0.6) is 0 Å². The van der Waals surface area contributed by atoms with E-state index in [1.54, 1.807) is 18.2 Å². The molecular formula is C19H21FN2O3. The topological polar surface area (TPSA) is 67.4 Å². The lowest BCUT2D eigenvalue weighted by Crippen LogP contribution is -2.46. The Bertz CT molecular complexity index is 845. The third-order valence-corrected chi connectivity index (χ3v) is 5.50. The highest BCUT2D eigenvalue weighted by Crippen LogP contribution is 2.42. The molecule has 1 aliphatic carbocycles. The van der Waals surface area contributed by atoms with Crippen LogP contribution >= 0.6 is 0 Å². The summed E-state index contributed by atoms with van der Waals surface area (Å²) < 4.78 is 19.7. The van der Waals surface area contributed by atoms with Crippen molar-refractivity contribution >= 4 is 11.4 Å². The predicted molar refractivity (Wildman–Crippen MR) is 94.3 cm³/mol. The van der Waals surface area contributed by atoms with Crippen molar-refractivity contribution in [3.05, 3.63) is 56.1 Å². The van der Waals surface area contributed by atoms with Gasteiger partial charge < -0.3 is 15.4 Å². The molecule has 1 saturated carbocycles. The fourth-order valence-corrected chi connectivity index (χ4v) is 4.13. The van der Waals surface area contributed by atoms with Gasteiger partial charge in [-0.25, -0.2) is 4.39 Å². The highest BCUT2D eigenvalue weighted by molar-refractivity contribution is 5.74. The van der Waals surface area contributed by atoms with Crippen LogP contribution in [0.4, 0.5) is 15.8 Å². The van der Waals surface area contributed by atoms with Crippen LogP contribution in [0.2, 0.25) is 0 Å². The average Bonchev–Trinajstić information content (AvgIpc) is 3.25. The quantitative estimate of drug-likeness (QED) is 0.816. The van der Waals surface area contributed by atoms with Crippen molar-refractivity contribution in [3.63, 3.8) is 0 Å². The summed E-state index contributed by atoms with van der Waals surface area (Å²) in [7, 11) is 0. The Morgan fingerprint density at radius 3 is 2.64 bits per heavy atom. The molecule has 4 rings (SSSR count). The molecule has 1 aliphatic heterocycles. The Kier molecular flexibility index (Phi) is 4.07. The zero-order chi connectivity index (χ0) is 17.4. The Hall–Kier alpha value is -2.21. The molecule has 1 saturated heterocycles. The normalized spacial score (nSPS) is 25.7. The largest absolute Gasteiger partial charge is 0.376 e. The second kappa shape index (κ2) is 6.26. The van der Waals surface area contributed by atoms with Crippen LogP contribution in [0.15, 0.2) is 33.9 Å². The van der Waals surface area contributed by atoms with E-state index in [4.69, 9.17) is 4.74 Å². The average molecular weight is 344 g/mol. The van der Waals surface area contributed by atoms with Crippen molar-refractivity contribution in [2.24, 2.45) is 0 Å². The van der Waals surface area contributed by atoms with E-state index in [0.29, 0.717) is 11.3 Å². The maximum Gasteiger partial charge on any atom is 0.253 e. The number of ether oxygens (including phenoxy) is 1. The number of halogens is 1. The van der Waals surface area contributed by atoms with Crippen molar-refractivity contribution < 1.29 is 9.13 Å². The first-order chi connectivity index (χ1) is 12.1. The molecule has 5 nitrogen and oxygen atoms in total. The zero-order valence-electron chi connectivity index (χ0n) is 13.9. The van der Waals surface area contributed by atoms with Crippen molar-refractivity contribution in [2.75, 3.05) is 17.2 Å². The fourth-order valence-electron chi connectivity index (χ4n) is 4.13. The van der Waals surface area contributed by atoms with Crippen molar-refractivity contribution in [1.82, 2.24) is 0 Å². The second-order valence-electron chi connectivity index (χ2n) is 6.96. The molecule has 2 unspecified atom stereocenters. The summed E-state index contributed by atoms with van der Waals surface area (Å²) in [6, 6.07) is 6.43. The Morgan fingerprint density at radius 2 is 1.88 bits per heavy atom. The van der Waals surface area contributed by atoms with Crippen LogP contribution in [0.3, 0.4) is 0 Å². The zero-order valence-corrected chi connectivity index (χ0v) is 13.9. The summed E-state index contributed by atoms with van der Waals surface area (Å²) in [5.41, 5.74) is -0.216. The van der Waals surface area contributed by atoms with Crippen LogP contribution in [-0.2, 0) is 11.3 Å². The van der Waals surface area contributed by atoms with Gasteiger partial charge in [-0.05, 0) is 38.2 Å². The van der Waals surface area contributed by atoms with Gasteiger partial charge in [-0.2, -0.15) is 0 Å². The second-order valence-corrected chi connectivity index (χ2v) is 6.96. The van der Waals surface area contributed by atoms with Gasteiger partial charge in [0.15, 0.2) is 0 Å². The van der Waals surface area contributed by atoms with Gasteiger partial charge in [0, 0.05) is 18.7 Å². The SMILES string of the molecule is O=c1c(NCc2ccccc2F)c(NC2CCCC23CCCO3)c1=O. The third kappa shape index (κ3) is 2.74. The molecule has 0 amide bonds. The van der Waals surface area contributed by atoms with E-state index in [9.17, 15) is 14.0 Å². The van der Waals surface area contributed by atoms with Gasteiger partial charge in [0.1, 0.15) is 17.2 Å². The van der Waals surface area contributed by atoms with Crippen molar-refractivity contribution in [1.29, 1.82) is 0 Å². The van der Waals surface area contributed by atoms with Gasteiger partial charge in [0.2, 0.25) is 0 Å². The van der Waals surface area contributed by atoms with Crippen molar-refractivity contribution in [3.8, 4) is 0 Å². The number of benzene rings is 1. The first-order valence-corrected chi connectivity index (χ1v) is 8.82. The molecule has 25 heavy (non-hydrogen) atoms. The molecule has 132 valence electrons. The van der Waals surface area contributed by atoms with E-state index in [0.717, 1.165) is 38.7 Å². The maximum atomic E-state index is 13.7. The minimum atomic E-state index is -0.543. The molecule has 0 bridgehead atoms. The number of anilines is 2. The molecule has 2 aromatic carbocycles. The fraction of sp³-hybridized carbons (Fsp3) is 0.474. The lowest BCUT2D eigenvalue weighted by molar-refractivity contribution is 0.00274. The first-order valence-electron chi connectivity index (χ1n) is 8.82. The van der Waals surface area contributed by atoms with Crippen LogP contribution < -0.4 is 21.5 Å². The Morgan fingerprint density at radius 1 is 1.12 bits per heavy atom. The molecule has 2 aliphatic rings. The molecule has 2 atom stereocenters. The Balaban J connectivity index is 1.50. The standard InChI is InChI=1S/C19H21FN2O3/c20-13-6-2-1-5-12(13)11-21-15-16(18(24)17(15)23)22-14-7-3-8-19(14)9-4-10-25-19/h1-2,5-6,14,21-22H,3-4,7-11H2. The summed E-state index contributed by atoms with van der Waals surface area (Å²) >= 11 is 0. The number of hydrogen-bond donors (Lipinski definition) is 2. The first kappa shape index (κ1) is 16.3. The van der Waals surface area contributed by atoms with E-state index in [1.807, 2.05) is 0 Å². The third-order valence-electron chi connectivity index (χ3n) is 5.50. The molecule has 2 N–H and O–H groups in total. The van der Waals surface area contributed by atoms with E-state index in [1.165, 1.54) is 6.07 Å². The van der Waals surface area contributed by atoms with Crippen LogP contribution in [-0.4, -0.2) is 18.2 Å². The summed E-state index contributed by atoms with van der Waals surface area (Å²) in [6.45, 7) is 0.918. The van der Waals surface area contributed by atoms with Gasteiger partial charge >= 0.3 is 0 Å². The molecular weight excluding hydrogens is 323 g/mol. The lowest BCUT2D eigenvalue weighted by Gasteiger charge is -2.32. The maximum absolute atomic E-state index is 13.7. The number of hydrogen-bond acceptors (Lipinski definition) is 5. The van der Waals surface area contributed by atoms with Gasteiger partial charge in [-0.15, -0.1) is 0 Å². The molecule has 2 aromatic rings. The Labute approximate surface area is 144 Å². The predicted octanol–water partition coefficient (Wildman–Crippen LogP) is 2.55. The van der Waals surface area contributed by atoms with E-state index < -0.39 is 10.9 Å². The van der Waals surface area contributed by atoms with E-state index in [-0.39, 0.29) is 29.7 Å². The number of nitrogens with one attached hydrogen (secondary N) is 2. The van der Waals surface area contributed by atoms with Crippen LogP contribution in [0, 0.1) is 5.82 Å². The highest BCUT2D eigenvalue weighted by atomic mass is 19.1. The van der Waals surface area contributed by atoms with E-state index >= 15 is 0 Å². The molecule has 1 spiro atoms. The number of rotatable bonds is 5. The smallest absolute Gasteiger partial charge is 0.253 e. The minimum Gasteiger partial charge on any atom is -0.376 e.